The van der Waals surface area contributed by atoms with Crippen LogP contribution in [-0.4, -0.2) is 6.54 Å². The number of para-hydroxylation sites is 3. The lowest BCUT2D eigenvalue weighted by atomic mass is 9.76. The topological polar surface area (TPSA) is 6.48 Å². The van der Waals surface area contributed by atoms with Crippen LogP contribution >= 0.6 is 0 Å². The van der Waals surface area contributed by atoms with Gasteiger partial charge in [0, 0.05) is 34.4 Å². The van der Waals surface area contributed by atoms with E-state index in [1.807, 2.05) is 0 Å². The number of fused-ring (bicyclic) bond motifs is 7. The number of hydrogen-bond acceptors (Lipinski definition) is 2. The van der Waals surface area contributed by atoms with E-state index in [0.29, 0.717) is 0 Å². The molecule has 0 radical (unpaired) electrons. The van der Waals surface area contributed by atoms with E-state index in [1.54, 1.807) is 0 Å². The third kappa shape index (κ3) is 6.37. The van der Waals surface area contributed by atoms with E-state index in [1.165, 1.54) is 142 Å². The van der Waals surface area contributed by atoms with Crippen molar-refractivity contribution in [1.29, 1.82) is 0 Å². The zero-order valence-electron chi connectivity index (χ0n) is 36.2. The average Bonchev–Trinajstić information content (AvgIpc) is 4.09. The lowest BCUT2D eigenvalue weighted by molar-refractivity contribution is 0.550. The summed E-state index contributed by atoms with van der Waals surface area (Å²) in [6.07, 6.45) is 33.0. The second-order valence-electron chi connectivity index (χ2n) is 18.4. The van der Waals surface area contributed by atoms with Gasteiger partial charge in [0.1, 0.15) is 0 Å². The van der Waals surface area contributed by atoms with Crippen molar-refractivity contribution < 1.29 is 0 Å². The van der Waals surface area contributed by atoms with Crippen LogP contribution in [0.4, 0.5) is 22.7 Å². The van der Waals surface area contributed by atoms with Gasteiger partial charge in [-0.05, 0) is 149 Å². The largest absolute Gasteiger partial charge is 0.341 e. The molecule has 11 rings (SSSR count). The summed E-state index contributed by atoms with van der Waals surface area (Å²) in [5, 5.41) is 0. The summed E-state index contributed by atoms with van der Waals surface area (Å²) in [6.45, 7) is 12.6. The highest BCUT2D eigenvalue weighted by Gasteiger charge is 2.47. The first-order chi connectivity index (χ1) is 30.4. The van der Waals surface area contributed by atoms with Crippen LogP contribution in [-0.2, 0) is 17.3 Å². The van der Waals surface area contributed by atoms with Crippen molar-refractivity contribution in [2.24, 2.45) is 0 Å². The van der Waals surface area contributed by atoms with Gasteiger partial charge in [-0.2, -0.15) is 0 Å². The predicted molar refractivity (Wildman–Crippen MR) is 265 cm³/mol. The Morgan fingerprint density at radius 3 is 2.08 bits per heavy atom. The molecular formula is C60H56N2. The molecule has 5 aromatic carbocycles. The molecule has 6 aliphatic rings. The van der Waals surface area contributed by atoms with Crippen molar-refractivity contribution in [3.05, 3.63) is 220 Å². The molecule has 0 saturated heterocycles. The van der Waals surface area contributed by atoms with Gasteiger partial charge >= 0.3 is 0 Å². The first kappa shape index (κ1) is 38.5. The van der Waals surface area contributed by atoms with Gasteiger partial charge in [0.2, 0.25) is 0 Å². The maximum Gasteiger partial charge on any atom is 0.0534 e. The zero-order valence-corrected chi connectivity index (χ0v) is 36.2. The van der Waals surface area contributed by atoms with E-state index in [2.05, 4.69) is 187 Å². The molecule has 2 heteroatoms. The molecule has 4 aliphatic carbocycles. The van der Waals surface area contributed by atoms with Crippen LogP contribution in [0.2, 0.25) is 0 Å². The number of hydrogen-bond donors (Lipinski definition) is 0. The minimum Gasteiger partial charge on any atom is -0.341 e. The van der Waals surface area contributed by atoms with E-state index in [0.717, 1.165) is 24.2 Å². The summed E-state index contributed by atoms with van der Waals surface area (Å²) < 4.78 is 0. The Labute approximate surface area is 369 Å². The van der Waals surface area contributed by atoms with Crippen LogP contribution < -0.4 is 9.80 Å². The second-order valence-corrected chi connectivity index (χ2v) is 18.4. The molecule has 2 heterocycles. The Hall–Kier alpha value is -6.38. The number of allylic oxidation sites excluding steroid dienone is 10. The molecule has 2 spiro atoms. The van der Waals surface area contributed by atoms with Gasteiger partial charge in [-0.1, -0.05) is 166 Å². The normalized spacial score (nSPS) is 20.0. The first-order valence-corrected chi connectivity index (χ1v) is 23.1. The van der Waals surface area contributed by atoms with Crippen LogP contribution in [0, 0.1) is 0 Å². The molecule has 0 aromatic heterocycles. The molecule has 0 unspecified atom stereocenters. The lowest BCUT2D eigenvalue weighted by Crippen LogP contribution is -2.25. The Morgan fingerprint density at radius 2 is 1.34 bits per heavy atom. The lowest BCUT2D eigenvalue weighted by Gasteiger charge is -2.33. The average molecular weight is 805 g/mol. The Bertz CT molecular complexity index is 2790. The number of aryl methyl sites for hydroxylation is 1. The number of rotatable bonds is 7. The van der Waals surface area contributed by atoms with Crippen molar-refractivity contribution in [1.82, 2.24) is 0 Å². The van der Waals surface area contributed by atoms with Gasteiger partial charge in [0.15, 0.2) is 0 Å². The van der Waals surface area contributed by atoms with Crippen molar-refractivity contribution in [2.75, 3.05) is 16.3 Å². The summed E-state index contributed by atoms with van der Waals surface area (Å²) in [5.74, 6) is 0. The molecule has 0 N–H and O–H groups in total. The summed E-state index contributed by atoms with van der Waals surface area (Å²) in [5.41, 5.74) is 22.0. The monoisotopic (exact) mass is 804 g/mol. The SMILES string of the molecule is C=C(/C=C1\C(=C)c2ccc(N3CCCc4ccccc43)cc2C12CCCC2)/C=C/c1ccc2c(c1)C1(C=C2/C=C\C(=C/C)N2c3ccccc3C=Cc3ccccc32)CCCC1. The number of benzene rings is 5. The summed E-state index contributed by atoms with van der Waals surface area (Å²) in [4.78, 5) is 4.96. The van der Waals surface area contributed by atoms with Crippen LogP contribution in [0.25, 0.3) is 29.4 Å². The quantitative estimate of drug-likeness (QED) is 0.151. The van der Waals surface area contributed by atoms with Gasteiger partial charge in [-0.15, -0.1) is 0 Å². The third-order valence-electron chi connectivity index (χ3n) is 15.0. The minimum absolute atomic E-state index is 0.0102. The molecule has 2 saturated carbocycles. The standard InChI is InChI=1S/C60H56N2/c1-4-49(62-57-21-9-6-17-46(57)26-27-47-18-7-10-22-58(47)62)29-28-48-41-59(33-11-12-34-59)54-39-44(25-31-52(48)54)24-23-42(2)38-53-43(3)51-32-30-50(40-55(51)60(53)35-13-14-36-60)61-37-15-19-45-16-5-8-20-56(45)61/h4-10,16-18,20-32,38-41H,2-3,11-15,19,33-37H2,1H3/b24-23+,29-28-,49-4+,53-38+. The van der Waals surface area contributed by atoms with Crippen LogP contribution in [0.15, 0.2) is 176 Å². The van der Waals surface area contributed by atoms with Crippen LogP contribution in [0.3, 0.4) is 0 Å². The molecule has 0 atom stereocenters. The van der Waals surface area contributed by atoms with Crippen molar-refractivity contribution >= 4 is 52.1 Å². The molecule has 0 bridgehead atoms. The van der Waals surface area contributed by atoms with Crippen LogP contribution in [0.1, 0.15) is 109 Å². The van der Waals surface area contributed by atoms with Gasteiger partial charge in [0.25, 0.3) is 0 Å². The minimum atomic E-state index is 0.0102. The maximum atomic E-state index is 4.75. The van der Waals surface area contributed by atoms with Gasteiger partial charge in [0.05, 0.1) is 11.4 Å². The highest BCUT2D eigenvalue weighted by Crippen LogP contribution is 2.59. The Morgan fingerprint density at radius 1 is 0.661 bits per heavy atom. The van der Waals surface area contributed by atoms with E-state index in [4.69, 9.17) is 6.58 Å². The van der Waals surface area contributed by atoms with Crippen molar-refractivity contribution in [3.63, 3.8) is 0 Å². The number of nitrogens with zero attached hydrogens (tertiary/aromatic N) is 2. The smallest absolute Gasteiger partial charge is 0.0534 e. The molecule has 0 amide bonds. The highest BCUT2D eigenvalue weighted by atomic mass is 15.2. The zero-order chi connectivity index (χ0) is 41.8. The maximum absolute atomic E-state index is 4.75. The Kier molecular flexibility index (Phi) is 9.64. The molecule has 306 valence electrons. The molecular weight excluding hydrogens is 749 g/mol. The highest BCUT2D eigenvalue weighted by molar-refractivity contribution is 5.93. The van der Waals surface area contributed by atoms with Crippen molar-refractivity contribution in [3.8, 4) is 0 Å². The van der Waals surface area contributed by atoms with E-state index < -0.39 is 0 Å². The van der Waals surface area contributed by atoms with Crippen LogP contribution in [0.5, 0.6) is 0 Å². The van der Waals surface area contributed by atoms with Crippen molar-refractivity contribution in [2.45, 2.75) is 82.0 Å². The molecule has 2 fully saturated rings. The second kappa shape index (κ2) is 15.5. The van der Waals surface area contributed by atoms with Gasteiger partial charge in [-0.3, -0.25) is 0 Å². The fourth-order valence-electron chi connectivity index (χ4n) is 12.0. The van der Waals surface area contributed by atoms with E-state index in [-0.39, 0.29) is 10.8 Å². The van der Waals surface area contributed by atoms with E-state index >= 15 is 0 Å². The Balaban J connectivity index is 0.871. The predicted octanol–water partition coefficient (Wildman–Crippen LogP) is 15.8. The number of anilines is 4. The summed E-state index contributed by atoms with van der Waals surface area (Å²) in [7, 11) is 0. The summed E-state index contributed by atoms with van der Waals surface area (Å²) in [6, 6.07) is 40.7. The summed E-state index contributed by atoms with van der Waals surface area (Å²) >= 11 is 0. The van der Waals surface area contributed by atoms with E-state index in [9.17, 15) is 0 Å². The fraction of sp³-hybridized carbons (Fsp3) is 0.233. The molecule has 2 aliphatic heterocycles. The third-order valence-corrected chi connectivity index (χ3v) is 15.0. The molecule has 5 aromatic rings. The molecule has 2 nitrogen and oxygen atoms in total. The van der Waals surface area contributed by atoms with Gasteiger partial charge < -0.3 is 9.80 Å². The first-order valence-electron chi connectivity index (χ1n) is 23.1. The fourth-order valence-corrected chi connectivity index (χ4v) is 12.0. The van der Waals surface area contributed by atoms with Gasteiger partial charge in [-0.25, -0.2) is 0 Å². The molecule has 62 heavy (non-hydrogen) atoms.